The summed E-state index contributed by atoms with van der Waals surface area (Å²) in [5, 5.41) is 1.32. The van der Waals surface area contributed by atoms with E-state index in [-0.39, 0.29) is 5.12 Å². The molecule has 1 aliphatic carbocycles. The van der Waals surface area contributed by atoms with Crippen LogP contribution in [0, 0.1) is 0 Å². The molecule has 0 bridgehead atoms. The molecule has 0 radical (unpaired) electrons. The van der Waals surface area contributed by atoms with E-state index >= 15 is 0 Å². The van der Waals surface area contributed by atoms with Crippen LogP contribution in [0.4, 0.5) is 0 Å². The van der Waals surface area contributed by atoms with E-state index in [1.165, 1.54) is 43.0 Å². The molecule has 0 atom stereocenters. The van der Waals surface area contributed by atoms with Crippen molar-refractivity contribution >= 4 is 27.8 Å². The first-order valence-electron chi connectivity index (χ1n) is 7.29. The lowest BCUT2D eigenvalue weighted by Gasteiger charge is -2.13. The number of aryl methyl sites for hydroxylation is 1. The summed E-state index contributed by atoms with van der Waals surface area (Å²) in [5.41, 5.74) is 3.00. The molecule has 2 aromatic rings. The lowest BCUT2D eigenvalue weighted by atomic mass is 10.1. The molecule has 1 saturated carbocycles. The smallest absolute Gasteiger partial charge is 0.235 e. The molecule has 1 fully saturated rings. The molecule has 1 aliphatic heterocycles. The number of benzene rings is 1. The maximum atomic E-state index is 11.9. The Bertz CT molecular complexity index is 670. The Kier molecular flexibility index (Phi) is 2.99. The molecule has 1 aromatic heterocycles. The fourth-order valence-electron chi connectivity index (χ4n) is 3.25. The highest BCUT2D eigenvalue weighted by atomic mass is 32.2. The van der Waals surface area contributed by atoms with Gasteiger partial charge in [0.25, 0.3) is 0 Å². The standard InChI is InChI=1S/C16H17NO2S/c18-16-15-12(7-8-20-16)13-9-11(5-6-14(13)17-15)19-10-3-1-2-4-10/h5-6,9-10,17H,1-4,7-8H2. The second-order valence-corrected chi connectivity index (χ2v) is 6.66. The van der Waals surface area contributed by atoms with Gasteiger partial charge < -0.3 is 9.72 Å². The van der Waals surface area contributed by atoms with Gasteiger partial charge in [-0.15, -0.1) is 0 Å². The van der Waals surface area contributed by atoms with Crippen molar-refractivity contribution in [1.82, 2.24) is 4.98 Å². The van der Waals surface area contributed by atoms with E-state index < -0.39 is 0 Å². The normalized spacial score (nSPS) is 19.5. The third kappa shape index (κ3) is 2.03. The van der Waals surface area contributed by atoms with E-state index in [0.717, 1.165) is 34.5 Å². The average molecular weight is 287 g/mol. The first-order chi connectivity index (χ1) is 9.81. The molecule has 4 heteroatoms. The van der Waals surface area contributed by atoms with Gasteiger partial charge in [0.05, 0.1) is 11.8 Å². The molecule has 1 aromatic carbocycles. The lowest BCUT2D eigenvalue weighted by Crippen LogP contribution is -2.10. The number of rotatable bonds is 2. The fraction of sp³-hybridized carbons (Fsp3) is 0.438. The minimum atomic E-state index is 0.167. The van der Waals surface area contributed by atoms with Crippen LogP contribution in [0.5, 0.6) is 5.75 Å². The summed E-state index contributed by atoms with van der Waals surface area (Å²) in [5.74, 6) is 1.82. The third-order valence-electron chi connectivity index (χ3n) is 4.27. The van der Waals surface area contributed by atoms with Gasteiger partial charge in [-0.1, -0.05) is 11.8 Å². The van der Waals surface area contributed by atoms with Crippen molar-refractivity contribution in [3.63, 3.8) is 0 Å². The van der Waals surface area contributed by atoms with E-state index in [4.69, 9.17) is 4.74 Å². The van der Waals surface area contributed by atoms with Crippen LogP contribution in [-0.4, -0.2) is 22.0 Å². The number of carbonyl (C=O) groups excluding carboxylic acids is 1. The van der Waals surface area contributed by atoms with Gasteiger partial charge in [-0.05, 0) is 55.9 Å². The zero-order valence-corrected chi connectivity index (χ0v) is 12.1. The molecular formula is C16H17NO2S. The Morgan fingerprint density at radius 1 is 1.25 bits per heavy atom. The van der Waals surface area contributed by atoms with Crippen LogP contribution in [-0.2, 0) is 6.42 Å². The molecule has 104 valence electrons. The fourth-order valence-corrected chi connectivity index (χ4v) is 4.06. The van der Waals surface area contributed by atoms with Gasteiger partial charge in [-0.2, -0.15) is 0 Å². The molecule has 0 spiro atoms. The van der Waals surface area contributed by atoms with Crippen LogP contribution in [0.3, 0.4) is 0 Å². The van der Waals surface area contributed by atoms with E-state index in [2.05, 4.69) is 11.1 Å². The predicted octanol–water partition coefficient (Wildman–Crippen LogP) is 3.92. The highest BCUT2D eigenvalue weighted by molar-refractivity contribution is 8.14. The van der Waals surface area contributed by atoms with Crippen LogP contribution in [0.1, 0.15) is 41.7 Å². The number of hydrogen-bond acceptors (Lipinski definition) is 3. The third-order valence-corrected chi connectivity index (χ3v) is 5.15. The Morgan fingerprint density at radius 3 is 2.95 bits per heavy atom. The van der Waals surface area contributed by atoms with Crippen molar-refractivity contribution in [2.45, 2.75) is 38.2 Å². The summed E-state index contributed by atoms with van der Waals surface area (Å²) in [6, 6.07) is 6.16. The molecule has 1 N–H and O–H groups in total. The van der Waals surface area contributed by atoms with E-state index in [0.29, 0.717) is 6.10 Å². The minimum Gasteiger partial charge on any atom is -0.490 e. The summed E-state index contributed by atoms with van der Waals surface area (Å²) in [6.45, 7) is 0. The maximum Gasteiger partial charge on any atom is 0.235 e. The first kappa shape index (κ1) is 12.3. The zero-order chi connectivity index (χ0) is 13.5. The second-order valence-electron chi connectivity index (χ2n) is 5.60. The van der Waals surface area contributed by atoms with Gasteiger partial charge in [-0.25, -0.2) is 0 Å². The molecule has 0 unspecified atom stereocenters. The highest BCUT2D eigenvalue weighted by Crippen LogP contribution is 2.34. The van der Waals surface area contributed by atoms with Crippen molar-refractivity contribution < 1.29 is 9.53 Å². The molecular weight excluding hydrogens is 270 g/mol. The van der Waals surface area contributed by atoms with Crippen molar-refractivity contribution in [2.75, 3.05) is 5.75 Å². The summed E-state index contributed by atoms with van der Waals surface area (Å²) >= 11 is 1.40. The summed E-state index contributed by atoms with van der Waals surface area (Å²) in [4.78, 5) is 15.2. The monoisotopic (exact) mass is 287 g/mol. The van der Waals surface area contributed by atoms with Gasteiger partial charge in [0.1, 0.15) is 5.75 Å². The summed E-state index contributed by atoms with van der Waals surface area (Å²) in [7, 11) is 0. The number of nitrogens with one attached hydrogen (secondary N) is 1. The van der Waals surface area contributed by atoms with Crippen LogP contribution in [0.25, 0.3) is 10.9 Å². The molecule has 2 heterocycles. The van der Waals surface area contributed by atoms with Crippen molar-refractivity contribution in [2.24, 2.45) is 0 Å². The number of aromatic amines is 1. The SMILES string of the molecule is O=C1SCCc2c1[nH]c1ccc(OC3CCCC3)cc21. The molecule has 4 rings (SSSR count). The van der Waals surface area contributed by atoms with Gasteiger partial charge in [0.15, 0.2) is 0 Å². The average Bonchev–Trinajstić information content (AvgIpc) is 3.07. The van der Waals surface area contributed by atoms with E-state index in [1.807, 2.05) is 12.1 Å². The Labute approximate surface area is 122 Å². The number of ether oxygens (including phenoxy) is 1. The molecule has 0 saturated heterocycles. The van der Waals surface area contributed by atoms with Gasteiger partial charge in [0, 0.05) is 16.7 Å². The lowest BCUT2D eigenvalue weighted by molar-refractivity contribution is 0.108. The minimum absolute atomic E-state index is 0.167. The van der Waals surface area contributed by atoms with Gasteiger partial charge in [-0.3, -0.25) is 4.79 Å². The van der Waals surface area contributed by atoms with Crippen LogP contribution < -0.4 is 4.74 Å². The Hall–Kier alpha value is -1.42. The predicted molar refractivity (Wildman–Crippen MR) is 81.7 cm³/mol. The van der Waals surface area contributed by atoms with E-state index in [9.17, 15) is 4.79 Å². The number of carbonyl (C=O) groups is 1. The Balaban J connectivity index is 1.72. The largest absolute Gasteiger partial charge is 0.490 e. The summed E-state index contributed by atoms with van der Waals surface area (Å²) < 4.78 is 6.07. The van der Waals surface area contributed by atoms with Crippen molar-refractivity contribution in [3.05, 3.63) is 29.5 Å². The van der Waals surface area contributed by atoms with Crippen LogP contribution >= 0.6 is 11.8 Å². The van der Waals surface area contributed by atoms with E-state index in [1.54, 1.807) is 0 Å². The molecule has 2 aliphatic rings. The van der Waals surface area contributed by atoms with Gasteiger partial charge >= 0.3 is 0 Å². The number of fused-ring (bicyclic) bond motifs is 3. The number of thioether (sulfide) groups is 1. The first-order valence-corrected chi connectivity index (χ1v) is 8.28. The summed E-state index contributed by atoms with van der Waals surface area (Å²) in [6.07, 6.45) is 6.21. The maximum absolute atomic E-state index is 11.9. The Morgan fingerprint density at radius 2 is 2.10 bits per heavy atom. The topological polar surface area (TPSA) is 42.1 Å². The number of H-pyrrole nitrogens is 1. The number of hydrogen-bond donors (Lipinski definition) is 1. The van der Waals surface area contributed by atoms with Crippen LogP contribution in [0.2, 0.25) is 0 Å². The highest BCUT2D eigenvalue weighted by Gasteiger charge is 2.23. The molecule has 0 amide bonds. The molecule has 20 heavy (non-hydrogen) atoms. The van der Waals surface area contributed by atoms with Gasteiger partial charge in [0.2, 0.25) is 5.12 Å². The second kappa shape index (κ2) is 4.85. The molecule has 3 nitrogen and oxygen atoms in total. The van der Waals surface area contributed by atoms with Crippen LogP contribution in [0.15, 0.2) is 18.2 Å². The van der Waals surface area contributed by atoms with Crippen molar-refractivity contribution in [1.29, 1.82) is 0 Å². The van der Waals surface area contributed by atoms with Crippen molar-refractivity contribution in [3.8, 4) is 5.75 Å². The quantitative estimate of drug-likeness (QED) is 0.910. The zero-order valence-electron chi connectivity index (χ0n) is 11.3. The number of aromatic nitrogens is 1.